The van der Waals surface area contributed by atoms with E-state index in [0.717, 1.165) is 0 Å². The van der Waals surface area contributed by atoms with Gasteiger partial charge in [-0.2, -0.15) is 0 Å². The summed E-state index contributed by atoms with van der Waals surface area (Å²) in [5.41, 5.74) is 0.756. The molecule has 4 rings (SSSR count). The van der Waals surface area contributed by atoms with Crippen LogP contribution in [-0.4, -0.2) is 69.5 Å². The Kier molecular flexibility index (Phi) is 6.53. The number of nitrogens with one attached hydrogen (secondary N) is 1. The summed E-state index contributed by atoms with van der Waals surface area (Å²) < 4.78 is 0. The molecule has 1 aromatic carbocycles. The minimum Gasteiger partial charge on any atom is -0.340 e. The first-order chi connectivity index (χ1) is 15.9. The number of likely N-dealkylation sites (tertiary alicyclic amines) is 2. The summed E-state index contributed by atoms with van der Waals surface area (Å²) in [4.78, 5) is 59.3. The van der Waals surface area contributed by atoms with Crippen LogP contribution in [0.3, 0.4) is 0 Å². The third-order valence-corrected chi connectivity index (χ3v) is 6.20. The van der Waals surface area contributed by atoms with Crippen LogP contribution in [0.1, 0.15) is 47.5 Å². The number of Topliss-reactive ketones (excluding diaryl/α,β-unsaturated/α-hetero) is 1. The number of ketones is 1. The molecule has 8 nitrogen and oxygen atoms in total. The zero-order valence-corrected chi connectivity index (χ0v) is 18.8. The van der Waals surface area contributed by atoms with Crippen LogP contribution in [0.4, 0.5) is 0 Å². The van der Waals surface area contributed by atoms with Gasteiger partial charge >= 0.3 is 0 Å². The molecule has 0 radical (unpaired) electrons. The molecule has 0 saturated carbocycles. The van der Waals surface area contributed by atoms with Crippen LogP contribution in [0.25, 0.3) is 0 Å². The van der Waals surface area contributed by atoms with Gasteiger partial charge in [-0.05, 0) is 43.0 Å². The Labute approximate surface area is 193 Å². The molecule has 1 aromatic heterocycles. The van der Waals surface area contributed by atoms with Gasteiger partial charge in [0.2, 0.25) is 5.91 Å². The van der Waals surface area contributed by atoms with Crippen molar-refractivity contribution in [1.82, 2.24) is 20.1 Å². The summed E-state index contributed by atoms with van der Waals surface area (Å²) in [6.07, 6.45) is 2.51. The highest BCUT2D eigenvalue weighted by atomic mass is 16.2. The molecule has 0 aliphatic carbocycles. The number of aromatic nitrogens is 1. The molecule has 33 heavy (non-hydrogen) atoms. The zero-order chi connectivity index (χ0) is 23.5. The smallest absolute Gasteiger partial charge is 0.273 e. The van der Waals surface area contributed by atoms with Gasteiger partial charge in [0.25, 0.3) is 11.8 Å². The fraction of sp³-hybridized carbons (Fsp3) is 0.400. The molecule has 2 fully saturated rings. The van der Waals surface area contributed by atoms with Gasteiger partial charge < -0.3 is 15.1 Å². The molecule has 2 aromatic rings. The molecule has 2 saturated heterocycles. The number of carbonyl (C=O) groups is 4. The van der Waals surface area contributed by atoms with Crippen LogP contribution in [0.5, 0.6) is 0 Å². The first-order valence-corrected chi connectivity index (χ1v) is 11.3. The topological polar surface area (TPSA) is 99.7 Å². The normalized spacial score (nSPS) is 20.6. The van der Waals surface area contributed by atoms with Gasteiger partial charge in [-0.25, -0.2) is 0 Å². The van der Waals surface area contributed by atoms with Crippen LogP contribution in [-0.2, 0) is 9.59 Å². The van der Waals surface area contributed by atoms with Crippen LogP contribution in [0, 0.1) is 5.92 Å². The summed E-state index contributed by atoms with van der Waals surface area (Å²) in [6, 6.07) is 12.0. The second-order valence-electron chi connectivity index (χ2n) is 8.97. The number of pyridine rings is 1. The van der Waals surface area contributed by atoms with Crippen LogP contribution in [0.15, 0.2) is 54.7 Å². The quantitative estimate of drug-likeness (QED) is 0.728. The number of hydrogen-bond donors (Lipinski definition) is 1. The van der Waals surface area contributed by atoms with E-state index in [9.17, 15) is 19.2 Å². The Balaban J connectivity index is 1.51. The predicted molar refractivity (Wildman–Crippen MR) is 121 cm³/mol. The lowest BCUT2D eigenvalue weighted by Gasteiger charge is -2.29. The van der Waals surface area contributed by atoms with Gasteiger partial charge in [0, 0.05) is 18.3 Å². The van der Waals surface area contributed by atoms with E-state index in [1.165, 1.54) is 4.90 Å². The van der Waals surface area contributed by atoms with E-state index in [4.69, 9.17) is 0 Å². The zero-order valence-electron chi connectivity index (χ0n) is 18.8. The van der Waals surface area contributed by atoms with E-state index in [2.05, 4.69) is 10.3 Å². The van der Waals surface area contributed by atoms with Gasteiger partial charge in [-0.1, -0.05) is 38.1 Å². The number of amides is 3. The summed E-state index contributed by atoms with van der Waals surface area (Å²) in [5.74, 6) is -0.902. The molecule has 0 unspecified atom stereocenters. The fourth-order valence-corrected chi connectivity index (χ4v) is 4.70. The van der Waals surface area contributed by atoms with Crippen molar-refractivity contribution in [3.63, 3.8) is 0 Å². The van der Waals surface area contributed by atoms with Crippen molar-refractivity contribution in [1.29, 1.82) is 0 Å². The molecule has 3 amide bonds. The molecular weight excluding hydrogens is 420 g/mol. The van der Waals surface area contributed by atoms with Gasteiger partial charge in [-0.15, -0.1) is 0 Å². The summed E-state index contributed by atoms with van der Waals surface area (Å²) in [5, 5.41) is 2.86. The van der Waals surface area contributed by atoms with Gasteiger partial charge in [0.05, 0.1) is 12.6 Å². The van der Waals surface area contributed by atoms with E-state index in [0.29, 0.717) is 24.9 Å². The van der Waals surface area contributed by atoms with E-state index in [1.807, 2.05) is 19.9 Å². The molecule has 0 bridgehead atoms. The third kappa shape index (κ3) is 4.65. The molecule has 3 heterocycles. The van der Waals surface area contributed by atoms with Crippen LogP contribution in [0.2, 0.25) is 0 Å². The molecule has 172 valence electrons. The Morgan fingerprint density at radius 2 is 1.79 bits per heavy atom. The minimum absolute atomic E-state index is 0.0419. The maximum Gasteiger partial charge on any atom is 0.273 e. The maximum absolute atomic E-state index is 13.5. The van der Waals surface area contributed by atoms with Crippen molar-refractivity contribution < 1.29 is 19.2 Å². The molecule has 3 atom stereocenters. The molecule has 2 aliphatic heterocycles. The molecule has 0 spiro atoms. The number of nitrogens with zero attached hydrogens (tertiary/aromatic N) is 3. The lowest BCUT2D eigenvalue weighted by molar-refractivity contribution is -0.138. The monoisotopic (exact) mass is 448 g/mol. The van der Waals surface area contributed by atoms with Crippen molar-refractivity contribution in [2.24, 2.45) is 5.92 Å². The number of rotatable bonds is 6. The van der Waals surface area contributed by atoms with Crippen molar-refractivity contribution in [2.75, 3.05) is 13.1 Å². The largest absolute Gasteiger partial charge is 0.340 e. The second-order valence-corrected chi connectivity index (χ2v) is 8.97. The molecule has 1 N–H and O–H groups in total. The predicted octanol–water partition coefficient (Wildman–Crippen LogP) is 1.92. The van der Waals surface area contributed by atoms with Crippen molar-refractivity contribution in [3.05, 3.63) is 66.0 Å². The number of carbonyl (C=O) groups excluding carboxylic acids is 4. The van der Waals surface area contributed by atoms with Gasteiger partial charge in [-0.3, -0.25) is 24.2 Å². The molecular formula is C25H28N4O4. The standard InChI is InChI=1S/C25H28N4O4/c1-16(2)14-19(27-23(31)17-8-4-3-5-9-17)25(33)28-13-11-20-22(28)21(30)15-29(20)24(32)18-10-6-7-12-26-18/h3-10,12,16,19-20,22H,11,13-15H2,1-2H3,(H,27,31)/t19-,20+,22-/m0/s1. The molecule has 2 aliphatic rings. The fourth-order valence-electron chi connectivity index (χ4n) is 4.70. The first kappa shape index (κ1) is 22.6. The second kappa shape index (κ2) is 9.52. The van der Waals surface area contributed by atoms with E-state index < -0.39 is 12.1 Å². The number of benzene rings is 1. The summed E-state index contributed by atoms with van der Waals surface area (Å²) >= 11 is 0. The number of hydrogen-bond acceptors (Lipinski definition) is 5. The Morgan fingerprint density at radius 3 is 2.45 bits per heavy atom. The highest BCUT2D eigenvalue weighted by Crippen LogP contribution is 2.31. The van der Waals surface area contributed by atoms with Crippen molar-refractivity contribution in [3.8, 4) is 0 Å². The van der Waals surface area contributed by atoms with E-state index in [-0.39, 0.29) is 47.7 Å². The van der Waals surface area contributed by atoms with Crippen molar-refractivity contribution >= 4 is 23.5 Å². The SMILES string of the molecule is CC(C)C[C@H](NC(=O)c1ccccc1)C(=O)N1CC[C@@H]2[C@H]1C(=O)CN2C(=O)c1ccccn1. The highest BCUT2D eigenvalue weighted by molar-refractivity contribution is 6.03. The maximum atomic E-state index is 13.5. The van der Waals surface area contributed by atoms with Crippen LogP contribution >= 0.6 is 0 Å². The summed E-state index contributed by atoms with van der Waals surface area (Å²) in [7, 11) is 0. The minimum atomic E-state index is -0.746. The van der Waals surface area contributed by atoms with Crippen molar-refractivity contribution in [2.45, 2.75) is 44.8 Å². The summed E-state index contributed by atoms with van der Waals surface area (Å²) in [6.45, 7) is 4.28. The Hall–Kier alpha value is -3.55. The van der Waals surface area contributed by atoms with E-state index in [1.54, 1.807) is 53.6 Å². The Morgan fingerprint density at radius 1 is 1.06 bits per heavy atom. The van der Waals surface area contributed by atoms with Crippen LogP contribution < -0.4 is 5.32 Å². The van der Waals surface area contributed by atoms with Gasteiger partial charge in [0.1, 0.15) is 17.8 Å². The first-order valence-electron chi connectivity index (χ1n) is 11.3. The average molecular weight is 449 g/mol. The van der Waals surface area contributed by atoms with Gasteiger partial charge in [0.15, 0.2) is 5.78 Å². The van der Waals surface area contributed by atoms with E-state index >= 15 is 0 Å². The molecule has 8 heteroatoms. The Bertz CT molecular complexity index is 1040. The number of fused-ring (bicyclic) bond motifs is 1. The highest BCUT2D eigenvalue weighted by Gasteiger charge is 2.52. The average Bonchev–Trinajstić information content (AvgIpc) is 3.40. The lowest BCUT2D eigenvalue weighted by Crippen LogP contribution is -2.53. The third-order valence-electron chi connectivity index (χ3n) is 6.20. The lowest BCUT2D eigenvalue weighted by atomic mass is 10.0.